The fraction of sp³-hybridized carbons (Fsp3) is 0.480. The average Bonchev–Trinajstić information content (AvgIpc) is 3.18. The number of aryl methyl sites for hydroxylation is 1. The highest BCUT2D eigenvalue weighted by molar-refractivity contribution is 7.95. The van der Waals surface area contributed by atoms with Gasteiger partial charge in [0.2, 0.25) is 0 Å². The van der Waals surface area contributed by atoms with E-state index in [2.05, 4.69) is 15.5 Å². The van der Waals surface area contributed by atoms with Gasteiger partial charge >= 0.3 is 0 Å². The van der Waals surface area contributed by atoms with Crippen molar-refractivity contribution < 1.29 is 9.35 Å². The van der Waals surface area contributed by atoms with Gasteiger partial charge in [-0.25, -0.2) is 0 Å². The van der Waals surface area contributed by atoms with Gasteiger partial charge in [-0.05, 0) is 48.8 Å². The number of allylic oxidation sites excluding steroid dienone is 4. The van der Waals surface area contributed by atoms with Gasteiger partial charge in [0, 0.05) is 73.0 Å². The zero-order valence-electron chi connectivity index (χ0n) is 18.2. The van der Waals surface area contributed by atoms with E-state index >= 15 is 0 Å². The number of Topliss-reactive ketones (excluding diaryl/α,β-unsaturated/α-hetero) is 1. The Labute approximate surface area is 193 Å². The fourth-order valence-electron chi connectivity index (χ4n) is 4.63. The summed E-state index contributed by atoms with van der Waals surface area (Å²) in [6.07, 6.45) is 11.1. The number of piperidine rings is 1. The average molecular weight is 459 g/mol. The largest absolute Gasteiger partial charge is 0.611 e. The third-order valence-electron chi connectivity index (χ3n) is 6.44. The van der Waals surface area contributed by atoms with Crippen molar-refractivity contribution in [1.82, 2.24) is 9.47 Å². The molecule has 0 bridgehead atoms. The third-order valence-corrected chi connectivity index (χ3v) is 8.69. The van der Waals surface area contributed by atoms with Crippen LogP contribution in [0.5, 0.6) is 0 Å². The number of nitrogens with zero attached hydrogens (tertiary/aromatic N) is 2. The number of hydrogen-bond donors (Lipinski definition) is 0. The van der Waals surface area contributed by atoms with E-state index in [-0.39, 0.29) is 11.0 Å². The highest BCUT2D eigenvalue weighted by atomic mass is 35.5. The second kappa shape index (κ2) is 10.4. The molecule has 2 aromatic rings. The molecule has 2 heterocycles. The van der Waals surface area contributed by atoms with Crippen molar-refractivity contribution in [2.45, 2.75) is 57.2 Å². The zero-order valence-corrected chi connectivity index (χ0v) is 19.8. The second-order valence-electron chi connectivity index (χ2n) is 8.47. The van der Waals surface area contributed by atoms with E-state index in [4.69, 9.17) is 11.6 Å². The Bertz CT molecular complexity index is 989. The third kappa shape index (κ3) is 5.28. The molecule has 1 atom stereocenters. The summed E-state index contributed by atoms with van der Waals surface area (Å²) in [5.41, 5.74) is 1.98. The van der Waals surface area contributed by atoms with E-state index in [1.54, 1.807) is 0 Å². The number of para-hydroxylation sites is 1. The number of carbonyl (C=O) groups is 1. The molecule has 2 aliphatic rings. The first-order valence-electron chi connectivity index (χ1n) is 11.4. The Morgan fingerprint density at radius 2 is 1.94 bits per heavy atom. The summed E-state index contributed by atoms with van der Waals surface area (Å²) in [7, 11) is 0. The van der Waals surface area contributed by atoms with Crippen LogP contribution in [0.3, 0.4) is 0 Å². The molecule has 1 fully saturated rings. The van der Waals surface area contributed by atoms with Crippen molar-refractivity contribution in [3.63, 3.8) is 0 Å². The number of aromatic nitrogens is 1. The Kier molecular flexibility index (Phi) is 7.59. The molecule has 1 unspecified atom stereocenters. The van der Waals surface area contributed by atoms with E-state index in [1.165, 1.54) is 0 Å². The normalized spacial score (nSPS) is 19.3. The van der Waals surface area contributed by atoms with Crippen molar-refractivity contribution >= 4 is 39.5 Å². The molecule has 6 heteroatoms. The molecule has 0 saturated carbocycles. The minimum absolute atomic E-state index is 0.205. The van der Waals surface area contributed by atoms with Crippen molar-refractivity contribution in [2.24, 2.45) is 0 Å². The maximum absolute atomic E-state index is 12.9. The minimum Gasteiger partial charge on any atom is -0.611 e. The molecule has 1 aliphatic heterocycles. The number of benzene rings is 1. The molecule has 0 radical (unpaired) electrons. The van der Waals surface area contributed by atoms with Gasteiger partial charge in [0.15, 0.2) is 5.78 Å². The fourth-order valence-corrected chi connectivity index (χ4v) is 6.36. The van der Waals surface area contributed by atoms with Crippen LogP contribution in [0.15, 0.2) is 52.6 Å². The summed E-state index contributed by atoms with van der Waals surface area (Å²) in [6, 6.07) is 8.19. The van der Waals surface area contributed by atoms with Crippen molar-refractivity contribution in [1.29, 1.82) is 0 Å². The van der Waals surface area contributed by atoms with Crippen LogP contribution in [0.4, 0.5) is 0 Å². The standard InChI is InChI=1S/C25H31ClN2O2S/c1-2-25(29)23-18-28(24-7-4-3-6-22(23)24)15-5-14-27-16-12-21(13-17-27)31(30)20-10-8-19(26)9-11-20/h3-4,6-8,10,18,21H,2,5,9,11-17H2,1H3. The van der Waals surface area contributed by atoms with E-state index in [0.717, 1.165) is 84.7 Å². The van der Waals surface area contributed by atoms with E-state index < -0.39 is 11.2 Å². The molecule has 0 spiro atoms. The van der Waals surface area contributed by atoms with Gasteiger partial charge in [-0.15, -0.1) is 0 Å². The highest BCUT2D eigenvalue weighted by Crippen LogP contribution is 2.31. The summed E-state index contributed by atoms with van der Waals surface area (Å²) in [6.45, 7) is 5.87. The van der Waals surface area contributed by atoms with Crippen molar-refractivity contribution in [3.05, 3.63) is 58.1 Å². The van der Waals surface area contributed by atoms with Gasteiger partial charge in [-0.2, -0.15) is 0 Å². The molecule has 1 saturated heterocycles. The smallest absolute Gasteiger partial charge is 0.164 e. The second-order valence-corrected chi connectivity index (χ2v) is 10.7. The molecule has 1 aromatic carbocycles. The minimum atomic E-state index is -0.882. The maximum Gasteiger partial charge on any atom is 0.164 e. The molecule has 1 aromatic heterocycles. The van der Waals surface area contributed by atoms with Crippen molar-refractivity contribution in [3.8, 4) is 0 Å². The molecule has 166 valence electrons. The van der Waals surface area contributed by atoms with Crippen LogP contribution in [0.1, 0.15) is 55.8 Å². The van der Waals surface area contributed by atoms with Gasteiger partial charge in [0.1, 0.15) is 10.2 Å². The number of rotatable bonds is 8. The van der Waals surface area contributed by atoms with Crippen LogP contribution in [0.2, 0.25) is 0 Å². The number of hydrogen-bond acceptors (Lipinski definition) is 3. The summed E-state index contributed by atoms with van der Waals surface area (Å²) < 4.78 is 15.1. The molecule has 0 N–H and O–H groups in total. The number of halogens is 1. The van der Waals surface area contributed by atoms with Crippen molar-refractivity contribution in [2.75, 3.05) is 19.6 Å². The highest BCUT2D eigenvalue weighted by Gasteiger charge is 2.31. The first-order chi connectivity index (χ1) is 15.1. The van der Waals surface area contributed by atoms with Gasteiger partial charge in [-0.1, -0.05) is 36.7 Å². The van der Waals surface area contributed by atoms with Crippen LogP contribution >= 0.6 is 11.6 Å². The number of carbonyl (C=O) groups excluding carboxylic acids is 1. The van der Waals surface area contributed by atoms with Crippen LogP contribution < -0.4 is 0 Å². The molecule has 0 amide bonds. The predicted octanol–water partition coefficient (Wildman–Crippen LogP) is 5.64. The van der Waals surface area contributed by atoms with Crippen LogP contribution in [-0.2, 0) is 17.7 Å². The molecule has 1 aliphatic carbocycles. The topological polar surface area (TPSA) is 48.3 Å². The summed E-state index contributed by atoms with van der Waals surface area (Å²) >= 11 is 5.15. The van der Waals surface area contributed by atoms with Crippen LogP contribution in [-0.4, -0.2) is 44.7 Å². The monoisotopic (exact) mass is 458 g/mol. The van der Waals surface area contributed by atoms with Crippen LogP contribution in [0.25, 0.3) is 10.9 Å². The zero-order chi connectivity index (χ0) is 21.8. The van der Waals surface area contributed by atoms with Crippen LogP contribution in [0, 0.1) is 0 Å². The van der Waals surface area contributed by atoms with Gasteiger partial charge in [0.05, 0.1) is 0 Å². The lowest BCUT2D eigenvalue weighted by molar-refractivity contribution is 0.0989. The molecule has 4 nitrogen and oxygen atoms in total. The Morgan fingerprint density at radius 3 is 2.65 bits per heavy atom. The summed E-state index contributed by atoms with van der Waals surface area (Å²) in [5.74, 6) is 0.205. The lowest BCUT2D eigenvalue weighted by atomic mass is 10.1. The number of fused-ring (bicyclic) bond motifs is 1. The Balaban J connectivity index is 1.29. The Hall–Kier alpha value is -1.53. The number of ketones is 1. The summed E-state index contributed by atoms with van der Waals surface area (Å²) in [4.78, 5) is 15.9. The predicted molar refractivity (Wildman–Crippen MR) is 130 cm³/mol. The van der Waals surface area contributed by atoms with E-state index in [9.17, 15) is 9.35 Å². The summed E-state index contributed by atoms with van der Waals surface area (Å²) in [5, 5.41) is 2.19. The SMILES string of the molecule is CCC(=O)c1cn(CCCN2CCC([S+]([O-])C3=CC=C(Cl)CC3)CC2)c2ccccc12. The van der Waals surface area contributed by atoms with Gasteiger partial charge < -0.3 is 14.0 Å². The van der Waals surface area contributed by atoms with E-state index in [1.807, 2.05) is 43.5 Å². The van der Waals surface area contributed by atoms with E-state index in [0.29, 0.717) is 6.42 Å². The molecule has 4 rings (SSSR count). The van der Waals surface area contributed by atoms with Gasteiger partial charge in [0.25, 0.3) is 0 Å². The first kappa shape index (κ1) is 22.7. The maximum atomic E-state index is 12.9. The lowest BCUT2D eigenvalue weighted by Crippen LogP contribution is -2.40. The van der Waals surface area contributed by atoms with Gasteiger partial charge in [-0.3, -0.25) is 4.79 Å². The molecule has 31 heavy (non-hydrogen) atoms. The number of likely N-dealkylation sites (tertiary alicyclic amines) is 1. The quantitative estimate of drug-likeness (QED) is 0.380. The lowest BCUT2D eigenvalue weighted by Gasteiger charge is -2.33. The Morgan fingerprint density at radius 1 is 1.16 bits per heavy atom. The molecular weight excluding hydrogens is 428 g/mol. The molecular formula is C25H31ClN2O2S. The first-order valence-corrected chi connectivity index (χ1v) is 12.9.